The molecule has 0 spiro atoms. The Balaban J connectivity index is 0.739. The second kappa shape index (κ2) is 32.8. The van der Waals surface area contributed by atoms with Gasteiger partial charge in [-0.25, -0.2) is 0 Å². The number of fused-ring (bicyclic) bond motifs is 6. The van der Waals surface area contributed by atoms with Crippen molar-refractivity contribution in [1.29, 1.82) is 0 Å². The zero-order chi connectivity index (χ0) is 81.1. The largest absolute Gasteiger partial charge is 0.310 e. The molecule has 0 unspecified atom stereocenters. The lowest BCUT2D eigenvalue weighted by atomic mass is 10.0. The third kappa shape index (κ3) is 14.4. The topological polar surface area (TPSA) is 24.4 Å². The van der Waals surface area contributed by atoms with E-state index >= 15 is 0 Å². The van der Waals surface area contributed by atoms with E-state index in [2.05, 4.69) is 525 Å². The van der Waals surface area contributed by atoms with E-state index in [-0.39, 0.29) is 0 Å². The second-order valence-corrected chi connectivity index (χ2v) is 31.6. The molecule has 0 saturated heterocycles. The van der Waals surface area contributed by atoms with Crippen LogP contribution in [-0.4, -0.2) is 4.57 Å². The molecule has 2 aromatic heterocycles. The van der Waals surface area contributed by atoms with Crippen molar-refractivity contribution in [2.24, 2.45) is 0 Å². The Hall–Kier alpha value is -16.0. The number of hydrogen-bond donors (Lipinski definition) is 0. The van der Waals surface area contributed by atoms with E-state index < -0.39 is 0 Å². The third-order valence-electron chi connectivity index (χ3n) is 23.0. The molecule has 19 aromatic carbocycles. The summed E-state index contributed by atoms with van der Waals surface area (Å²) in [4.78, 5) is 14.5. The lowest BCUT2D eigenvalue weighted by Gasteiger charge is -2.33. The van der Waals surface area contributed by atoms with Gasteiger partial charge in [-0.2, -0.15) is 0 Å². The molecule has 21 rings (SSSR count). The van der Waals surface area contributed by atoms with Crippen LogP contribution in [0.4, 0.5) is 102 Å². The highest BCUT2D eigenvalue weighted by atomic mass is 32.1. The van der Waals surface area contributed by atoms with Crippen LogP contribution in [0.2, 0.25) is 0 Å². The van der Waals surface area contributed by atoms with Gasteiger partial charge in [0.15, 0.2) is 0 Å². The van der Waals surface area contributed by atoms with Crippen molar-refractivity contribution >= 4 is 156 Å². The van der Waals surface area contributed by atoms with E-state index in [4.69, 9.17) is 0 Å². The van der Waals surface area contributed by atoms with Gasteiger partial charge in [0.25, 0.3) is 0 Å². The molecule has 0 aliphatic carbocycles. The molecule has 0 aliphatic rings. The van der Waals surface area contributed by atoms with Gasteiger partial charge in [0.2, 0.25) is 0 Å². The summed E-state index contributed by atoms with van der Waals surface area (Å²) in [5, 5.41) is 4.72. The van der Waals surface area contributed by atoms with Crippen LogP contribution in [0.25, 0.3) is 81.0 Å². The summed E-state index contributed by atoms with van der Waals surface area (Å²) < 4.78 is 4.96. The predicted molar refractivity (Wildman–Crippen MR) is 518 cm³/mol. The van der Waals surface area contributed by atoms with Crippen molar-refractivity contribution in [3.8, 4) is 39.1 Å². The molecule has 7 nitrogen and oxygen atoms in total. The maximum atomic E-state index is 2.46. The zero-order valence-corrected chi connectivity index (χ0v) is 67.6. The molecular weight excluding hydrogens is 1500 g/mol. The number of aromatic nitrogens is 1. The van der Waals surface area contributed by atoms with Gasteiger partial charge in [-0.15, -0.1) is 11.3 Å². The first kappa shape index (κ1) is 73.6. The van der Waals surface area contributed by atoms with Crippen LogP contribution in [0.5, 0.6) is 0 Å². The highest BCUT2D eigenvalue weighted by molar-refractivity contribution is 7.25. The SMILES string of the molecule is c1ccc(-c2ccc(N(c3cc(N(c4ccccc4)c4ccccc4)cc(N(c4ccccc4)c4ccccc4-c4cccc(-n5c6ccccc6c6cc(N(c7ccc(-c8ccccc8)cc7)c7cc(N(c8ccccc8)c8ccccc8)cc(N(c8ccccc8)c8ccccc8)c7)ccc65)c4)c3)c3ccc4sc5ccccc5c4c3)cc2)cc1. The van der Waals surface area contributed by atoms with Crippen LogP contribution in [0.3, 0.4) is 0 Å². The molecule has 21 aromatic rings. The number of para-hydroxylation sites is 9. The van der Waals surface area contributed by atoms with Gasteiger partial charge < -0.3 is 34.0 Å². The molecule has 0 N–H and O–H groups in total. The van der Waals surface area contributed by atoms with Gasteiger partial charge in [0.05, 0.1) is 50.8 Å². The molecule has 2 heterocycles. The number of thiophene rings is 1. The maximum Gasteiger partial charge on any atom is 0.0542 e. The smallest absolute Gasteiger partial charge is 0.0542 e. The summed E-state index contributed by atoms with van der Waals surface area (Å²) in [5.41, 5.74) is 28.1. The van der Waals surface area contributed by atoms with Gasteiger partial charge in [0.1, 0.15) is 0 Å². The Morgan fingerprint density at radius 2 is 0.451 bits per heavy atom. The van der Waals surface area contributed by atoms with E-state index in [1.54, 1.807) is 0 Å². The second-order valence-electron chi connectivity index (χ2n) is 30.5. The van der Waals surface area contributed by atoms with E-state index in [0.29, 0.717) is 0 Å². The van der Waals surface area contributed by atoms with Crippen molar-refractivity contribution in [3.63, 3.8) is 0 Å². The van der Waals surface area contributed by atoms with Crippen LogP contribution in [-0.2, 0) is 0 Å². The molecule has 0 atom stereocenters. The molecule has 578 valence electrons. The van der Waals surface area contributed by atoms with Crippen LogP contribution >= 0.6 is 11.3 Å². The minimum atomic E-state index is 0.967. The normalized spacial score (nSPS) is 11.3. The van der Waals surface area contributed by atoms with Gasteiger partial charge >= 0.3 is 0 Å². The fourth-order valence-electron chi connectivity index (χ4n) is 17.5. The Kier molecular flexibility index (Phi) is 19.8. The Bertz CT molecular complexity index is 7020. The first-order chi connectivity index (χ1) is 60.5. The molecule has 8 heteroatoms. The molecule has 0 fully saturated rings. The Labute approximate surface area is 715 Å². The first-order valence-electron chi connectivity index (χ1n) is 41.4. The van der Waals surface area contributed by atoms with E-state index in [1.807, 2.05) is 11.3 Å². The van der Waals surface area contributed by atoms with Crippen molar-refractivity contribution in [3.05, 3.63) is 491 Å². The van der Waals surface area contributed by atoms with Crippen LogP contribution in [0.15, 0.2) is 491 Å². The summed E-state index contributed by atoms with van der Waals surface area (Å²) in [6, 6.07) is 179. The van der Waals surface area contributed by atoms with Gasteiger partial charge in [-0.05, 0) is 240 Å². The highest BCUT2D eigenvalue weighted by Gasteiger charge is 2.28. The van der Waals surface area contributed by atoms with E-state index in [9.17, 15) is 0 Å². The Morgan fingerprint density at radius 1 is 0.156 bits per heavy atom. The average Bonchev–Trinajstić information content (AvgIpc) is 1.51. The lowest BCUT2D eigenvalue weighted by Crippen LogP contribution is -2.16. The minimum Gasteiger partial charge on any atom is -0.310 e. The highest BCUT2D eigenvalue weighted by Crippen LogP contribution is 2.52. The fraction of sp³-hybridized carbons (Fsp3) is 0. The number of anilines is 18. The van der Waals surface area contributed by atoms with Crippen molar-refractivity contribution in [2.45, 2.75) is 0 Å². The molecule has 0 saturated carbocycles. The fourth-order valence-corrected chi connectivity index (χ4v) is 18.5. The molecule has 0 bridgehead atoms. The van der Waals surface area contributed by atoms with Gasteiger partial charge in [-0.3, -0.25) is 0 Å². The standard InChI is InChI=1S/C114H81N7S/c1-10-35-82(36-11-1)84-61-65-94(66-62-84)118(102-75-99(115(87-40-14-3-15-41-87)88-42-16-4-17-43-88)74-100(76-102)116(89-44-18-5-19-45-89)90-46-20-6-21-47-90)97-69-71-112-108(80-97)106-56-29-32-59-111(106)121(112)96-54-34-39-86(73-96)105-55-28-31-58-110(105)120(93-52-26-9-27-53-93)104-78-101(117(91-48-22-7-23-49-91)92-50-24-8-25-51-92)77-103(79-104)119(95-67-63-85(64-68-95)83-37-12-2-13-38-83)98-70-72-114-109(81-98)107-57-30-33-60-113(107)122-114/h1-81H. The third-order valence-corrected chi connectivity index (χ3v) is 24.1. The summed E-state index contributed by atoms with van der Waals surface area (Å²) in [6.07, 6.45) is 0. The van der Waals surface area contributed by atoms with Crippen molar-refractivity contribution in [1.82, 2.24) is 4.57 Å². The predicted octanol–water partition coefficient (Wildman–Crippen LogP) is 33.0. The minimum absolute atomic E-state index is 0.967. The average molecular weight is 1580 g/mol. The first-order valence-corrected chi connectivity index (χ1v) is 42.3. The van der Waals surface area contributed by atoms with Crippen LogP contribution in [0.1, 0.15) is 0 Å². The van der Waals surface area contributed by atoms with E-state index in [1.165, 1.54) is 20.2 Å². The van der Waals surface area contributed by atoms with Crippen molar-refractivity contribution in [2.75, 3.05) is 29.4 Å². The number of nitrogens with zero attached hydrogens (tertiary/aromatic N) is 7. The molecule has 122 heavy (non-hydrogen) atoms. The van der Waals surface area contributed by atoms with Gasteiger partial charge in [0, 0.05) is 105 Å². The maximum absolute atomic E-state index is 2.46. The summed E-state index contributed by atoms with van der Waals surface area (Å²) in [7, 11) is 0. The summed E-state index contributed by atoms with van der Waals surface area (Å²) >= 11 is 1.84. The Morgan fingerprint density at radius 3 is 0.893 bits per heavy atom. The summed E-state index contributed by atoms with van der Waals surface area (Å²) in [5.74, 6) is 0. The number of rotatable bonds is 22. The van der Waals surface area contributed by atoms with Gasteiger partial charge in [-0.1, -0.05) is 279 Å². The van der Waals surface area contributed by atoms with E-state index in [0.717, 1.165) is 163 Å². The molecule has 0 radical (unpaired) electrons. The number of hydrogen-bond acceptors (Lipinski definition) is 7. The molecular formula is C114H81N7S. The monoisotopic (exact) mass is 1580 g/mol. The van der Waals surface area contributed by atoms with Crippen molar-refractivity contribution < 1.29 is 0 Å². The number of benzene rings is 19. The lowest BCUT2D eigenvalue weighted by molar-refractivity contribution is 1.18. The zero-order valence-electron chi connectivity index (χ0n) is 66.8. The quantitative estimate of drug-likeness (QED) is 0.0670. The summed E-state index contributed by atoms with van der Waals surface area (Å²) in [6.45, 7) is 0. The molecule has 0 amide bonds. The molecule has 0 aliphatic heterocycles. The van der Waals surface area contributed by atoms with Crippen LogP contribution in [0, 0.1) is 0 Å². The van der Waals surface area contributed by atoms with Crippen LogP contribution < -0.4 is 29.4 Å².